The van der Waals surface area contributed by atoms with E-state index in [-0.39, 0.29) is 23.6 Å². The number of hydrogen-bond acceptors (Lipinski definition) is 3. The molecule has 0 fully saturated rings. The molecule has 0 heterocycles. The molecule has 0 N–H and O–H groups in total. The van der Waals surface area contributed by atoms with Crippen molar-refractivity contribution in [1.29, 1.82) is 0 Å². The van der Waals surface area contributed by atoms with Crippen LogP contribution in [0.4, 0.5) is 0 Å². The monoisotopic (exact) mass is 288 g/mol. The second-order valence-corrected chi connectivity index (χ2v) is 5.02. The van der Waals surface area contributed by atoms with Gasteiger partial charge in [-0.25, -0.2) is 0 Å². The highest BCUT2D eigenvalue weighted by atomic mass is 35.5. The summed E-state index contributed by atoms with van der Waals surface area (Å²) in [5.74, 6) is 0.792. The average molecular weight is 289 g/mol. The quantitative estimate of drug-likeness (QED) is 0.708. The van der Waals surface area contributed by atoms with Gasteiger partial charge in [0.05, 0.1) is 6.61 Å². The number of hydrogen-bond donors (Lipinski definition) is 0. The molecule has 0 amide bonds. The summed E-state index contributed by atoms with van der Waals surface area (Å²) in [6.45, 7) is 4.41. The van der Waals surface area contributed by atoms with Gasteiger partial charge >= 0.3 is 5.97 Å². The van der Waals surface area contributed by atoms with Gasteiger partial charge in [0.2, 0.25) is 0 Å². The molecule has 2 nitrogen and oxygen atoms in total. The summed E-state index contributed by atoms with van der Waals surface area (Å²) in [4.78, 5) is 11.7. The van der Waals surface area contributed by atoms with Gasteiger partial charge in [-0.3, -0.25) is 4.79 Å². The van der Waals surface area contributed by atoms with Gasteiger partial charge in [-0.1, -0.05) is 43.7 Å². The Morgan fingerprint density at radius 3 is 2.50 bits per heavy atom. The zero-order valence-corrected chi connectivity index (χ0v) is 12.6. The zero-order chi connectivity index (χ0) is 12.5. The van der Waals surface area contributed by atoms with Crippen LogP contribution >= 0.6 is 24.2 Å². The van der Waals surface area contributed by atoms with Crippen molar-refractivity contribution in [3.63, 3.8) is 0 Å². The van der Waals surface area contributed by atoms with Crippen molar-refractivity contribution in [3.8, 4) is 0 Å². The fourth-order valence-electron chi connectivity index (χ4n) is 1.54. The van der Waals surface area contributed by atoms with E-state index in [1.165, 1.54) is 5.56 Å². The molecule has 1 aromatic carbocycles. The van der Waals surface area contributed by atoms with Crippen LogP contribution in [0.25, 0.3) is 0 Å². The molecule has 1 rings (SSSR count). The number of halogens is 1. The number of rotatable bonds is 7. The van der Waals surface area contributed by atoms with Gasteiger partial charge in [0.1, 0.15) is 5.25 Å². The third kappa shape index (κ3) is 6.31. The van der Waals surface area contributed by atoms with E-state index in [2.05, 4.69) is 19.1 Å². The van der Waals surface area contributed by atoms with Crippen molar-refractivity contribution in [2.45, 2.75) is 37.7 Å². The lowest BCUT2D eigenvalue weighted by Crippen LogP contribution is -2.20. The molecular weight excluding hydrogens is 268 g/mol. The second kappa shape index (κ2) is 10.3. The number of ether oxygens (including phenoxy) is 1. The Kier molecular flexibility index (Phi) is 9.89. The maximum absolute atomic E-state index is 11.7. The third-order valence-electron chi connectivity index (χ3n) is 2.39. The molecule has 0 aliphatic carbocycles. The van der Waals surface area contributed by atoms with Crippen molar-refractivity contribution < 1.29 is 9.53 Å². The van der Waals surface area contributed by atoms with Gasteiger partial charge in [0.15, 0.2) is 0 Å². The van der Waals surface area contributed by atoms with E-state index in [0.29, 0.717) is 6.61 Å². The van der Waals surface area contributed by atoms with Gasteiger partial charge in [0.25, 0.3) is 0 Å². The van der Waals surface area contributed by atoms with Crippen LogP contribution in [0.3, 0.4) is 0 Å². The molecule has 0 aliphatic heterocycles. The molecule has 0 bridgehead atoms. The lowest BCUT2D eigenvalue weighted by atomic mass is 10.2. The standard InChI is InChI=1S/C14H20O2S.ClH/c1-3-8-13(14(15)16-4-2)17-11-12-9-6-5-7-10-12;/h5-7,9-10,13H,3-4,8,11H2,1-2H3;1H. The van der Waals surface area contributed by atoms with Crippen molar-refractivity contribution in [2.75, 3.05) is 6.61 Å². The lowest BCUT2D eigenvalue weighted by Gasteiger charge is -2.14. The van der Waals surface area contributed by atoms with E-state index < -0.39 is 0 Å². The van der Waals surface area contributed by atoms with Crippen LogP contribution in [-0.4, -0.2) is 17.8 Å². The molecular formula is C14H21ClO2S. The number of benzene rings is 1. The van der Waals surface area contributed by atoms with Gasteiger partial charge in [-0.05, 0) is 18.9 Å². The Morgan fingerprint density at radius 2 is 1.94 bits per heavy atom. The number of carbonyl (C=O) groups is 1. The van der Waals surface area contributed by atoms with Crippen LogP contribution in [-0.2, 0) is 15.3 Å². The Bertz CT molecular complexity index is 330. The maximum Gasteiger partial charge on any atom is 0.319 e. The van der Waals surface area contributed by atoms with Gasteiger partial charge in [0, 0.05) is 5.75 Å². The fraction of sp³-hybridized carbons (Fsp3) is 0.500. The fourth-order valence-corrected chi connectivity index (χ4v) is 2.73. The van der Waals surface area contributed by atoms with Crippen LogP contribution in [0.2, 0.25) is 0 Å². The predicted octanol–water partition coefficient (Wildman–Crippen LogP) is 4.07. The van der Waals surface area contributed by atoms with Crippen molar-refractivity contribution >= 4 is 30.1 Å². The van der Waals surface area contributed by atoms with Crippen molar-refractivity contribution in [2.24, 2.45) is 0 Å². The smallest absolute Gasteiger partial charge is 0.319 e. The third-order valence-corrected chi connectivity index (χ3v) is 3.72. The molecule has 1 unspecified atom stereocenters. The minimum Gasteiger partial charge on any atom is -0.465 e. The lowest BCUT2D eigenvalue weighted by molar-refractivity contribution is -0.142. The zero-order valence-electron chi connectivity index (χ0n) is 10.9. The Balaban J connectivity index is 0.00000289. The molecule has 0 aromatic heterocycles. The van der Waals surface area contributed by atoms with Gasteiger partial charge in [-0.2, -0.15) is 0 Å². The van der Waals surface area contributed by atoms with Crippen molar-refractivity contribution in [1.82, 2.24) is 0 Å². The average Bonchev–Trinajstić information content (AvgIpc) is 2.36. The summed E-state index contributed by atoms with van der Waals surface area (Å²) in [5, 5.41) is -0.0276. The highest BCUT2D eigenvalue weighted by Crippen LogP contribution is 2.22. The Labute approximate surface area is 120 Å². The van der Waals surface area contributed by atoms with E-state index >= 15 is 0 Å². The SMILES string of the molecule is CCCC(SCc1ccccc1)C(=O)OCC.Cl. The summed E-state index contributed by atoms with van der Waals surface area (Å²) in [6, 6.07) is 10.2. The molecule has 4 heteroatoms. The topological polar surface area (TPSA) is 26.3 Å². The highest BCUT2D eigenvalue weighted by molar-refractivity contribution is 7.99. The molecule has 1 aromatic rings. The maximum atomic E-state index is 11.7. The molecule has 0 spiro atoms. The number of thioether (sulfide) groups is 1. The number of carbonyl (C=O) groups excluding carboxylic acids is 1. The highest BCUT2D eigenvalue weighted by Gasteiger charge is 2.18. The molecule has 0 aliphatic rings. The molecule has 1 atom stereocenters. The van der Waals surface area contributed by atoms with E-state index in [1.54, 1.807) is 11.8 Å². The summed E-state index contributed by atoms with van der Waals surface area (Å²) >= 11 is 1.67. The largest absolute Gasteiger partial charge is 0.465 e. The number of esters is 1. The normalized spacial score (nSPS) is 11.4. The van der Waals surface area contributed by atoms with Crippen LogP contribution in [0, 0.1) is 0 Å². The summed E-state index contributed by atoms with van der Waals surface area (Å²) < 4.78 is 5.09. The van der Waals surface area contributed by atoms with Gasteiger partial charge < -0.3 is 4.74 Å². The summed E-state index contributed by atoms with van der Waals surface area (Å²) in [5.41, 5.74) is 1.25. The van der Waals surface area contributed by atoms with E-state index in [4.69, 9.17) is 4.74 Å². The first-order chi connectivity index (χ1) is 8.27. The Hall–Kier alpha value is -0.670. The van der Waals surface area contributed by atoms with Crippen LogP contribution < -0.4 is 0 Å². The molecule has 102 valence electrons. The molecule has 0 saturated carbocycles. The molecule has 18 heavy (non-hydrogen) atoms. The molecule has 0 radical (unpaired) electrons. The van der Waals surface area contributed by atoms with Crippen LogP contribution in [0.1, 0.15) is 32.3 Å². The Morgan fingerprint density at radius 1 is 1.28 bits per heavy atom. The summed E-state index contributed by atoms with van der Waals surface area (Å²) in [7, 11) is 0. The predicted molar refractivity (Wildman–Crippen MR) is 80.3 cm³/mol. The van der Waals surface area contributed by atoms with Gasteiger partial charge in [-0.15, -0.1) is 24.2 Å². The van der Waals surface area contributed by atoms with Crippen LogP contribution in [0.5, 0.6) is 0 Å². The van der Waals surface area contributed by atoms with Crippen LogP contribution in [0.15, 0.2) is 30.3 Å². The second-order valence-electron chi connectivity index (χ2n) is 3.83. The first-order valence-corrected chi connectivity index (χ1v) is 7.15. The first kappa shape index (κ1) is 17.3. The van der Waals surface area contributed by atoms with E-state index in [9.17, 15) is 4.79 Å². The van der Waals surface area contributed by atoms with E-state index in [1.807, 2.05) is 25.1 Å². The minimum atomic E-state index is -0.0738. The summed E-state index contributed by atoms with van der Waals surface area (Å²) in [6.07, 6.45) is 1.89. The minimum absolute atomic E-state index is 0. The molecule has 0 saturated heterocycles. The first-order valence-electron chi connectivity index (χ1n) is 6.10. The van der Waals surface area contributed by atoms with Crippen molar-refractivity contribution in [3.05, 3.63) is 35.9 Å². The van der Waals surface area contributed by atoms with E-state index in [0.717, 1.165) is 18.6 Å².